The van der Waals surface area contributed by atoms with Gasteiger partial charge in [0.05, 0.1) is 18.1 Å². The molecule has 3 N–H and O–H groups in total. The molecule has 1 aromatic heterocycles. The molecule has 0 unspecified atom stereocenters. The molecule has 2 amide bonds. The number of H-pyrrole nitrogens is 1. The topological polar surface area (TPSA) is 79.0 Å². The minimum Gasteiger partial charge on any atom is -0.497 e. The Kier molecular flexibility index (Phi) is 4.86. The molecule has 0 aliphatic carbocycles. The molecule has 0 saturated carbocycles. The zero-order chi connectivity index (χ0) is 16.9. The van der Waals surface area contributed by atoms with Gasteiger partial charge in [-0.15, -0.1) is 0 Å². The van der Waals surface area contributed by atoms with Crippen LogP contribution in [-0.2, 0) is 6.42 Å². The molecule has 24 heavy (non-hydrogen) atoms. The van der Waals surface area contributed by atoms with Gasteiger partial charge in [-0.3, -0.25) is 0 Å². The van der Waals surface area contributed by atoms with Gasteiger partial charge in [0.15, 0.2) is 0 Å². The van der Waals surface area contributed by atoms with E-state index >= 15 is 0 Å². The number of urea groups is 1. The molecule has 0 bridgehead atoms. The summed E-state index contributed by atoms with van der Waals surface area (Å²) < 4.78 is 5.12. The number of methoxy groups -OCH3 is 1. The van der Waals surface area contributed by atoms with Crippen LogP contribution in [0.5, 0.6) is 5.75 Å². The van der Waals surface area contributed by atoms with Crippen LogP contribution in [-0.4, -0.2) is 29.7 Å². The van der Waals surface area contributed by atoms with Gasteiger partial charge in [0, 0.05) is 12.2 Å². The highest BCUT2D eigenvalue weighted by Gasteiger charge is 2.05. The lowest BCUT2D eigenvalue weighted by Crippen LogP contribution is -2.30. The van der Waals surface area contributed by atoms with Gasteiger partial charge >= 0.3 is 6.03 Å². The first-order valence-electron chi connectivity index (χ1n) is 7.47. The van der Waals surface area contributed by atoms with Crippen LogP contribution < -0.4 is 15.4 Å². The number of amides is 2. The molecule has 124 valence electrons. The number of benzene rings is 2. The number of nitrogens with zero attached hydrogens (tertiary/aromatic N) is 1. The summed E-state index contributed by atoms with van der Waals surface area (Å²) >= 11 is 5.81. The number of hydrogen-bond donors (Lipinski definition) is 3. The summed E-state index contributed by atoms with van der Waals surface area (Å²) in [6, 6.07) is 12.9. The standard InChI is InChI=1S/C17H17ClN4O2/c1-24-13-5-2-11(3-6-13)8-9-19-17(23)20-12-4-7-14-15(10-12)22-16(18)21-14/h2-7,10H,8-9H2,1H3,(H,21,22)(H2,19,20,23). The highest BCUT2D eigenvalue weighted by Crippen LogP contribution is 2.19. The van der Waals surface area contributed by atoms with E-state index < -0.39 is 0 Å². The van der Waals surface area contributed by atoms with Gasteiger partial charge in [-0.05, 0) is 53.9 Å². The van der Waals surface area contributed by atoms with Crippen LogP contribution in [0.4, 0.5) is 10.5 Å². The zero-order valence-electron chi connectivity index (χ0n) is 13.1. The van der Waals surface area contributed by atoms with Crippen molar-refractivity contribution in [1.82, 2.24) is 15.3 Å². The number of hydrogen-bond acceptors (Lipinski definition) is 3. The van der Waals surface area contributed by atoms with Crippen molar-refractivity contribution in [2.24, 2.45) is 0 Å². The Morgan fingerprint density at radius 1 is 1.25 bits per heavy atom. The lowest BCUT2D eigenvalue weighted by Gasteiger charge is -2.08. The Hall–Kier alpha value is -2.73. The number of rotatable bonds is 5. The molecule has 0 spiro atoms. The van der Waals surface area contributed by atoms with E-state index in [1.54, 1.807) is 25.3 Å². The number of halogens is 1. The number of fused-ring (bicyclic) bond motifs is 1. The van der Waals surface area contributed by atoms with Crippen molar-refractivity contribution in [2.45, 2.75) is 6.42 Å². The van der Waals surface area contributed by atoms with Gasteiger partial charge in [-0.25, -0.2) is 9.78 Å². The summed E-state index contributed by atoms with van der Waals surface area (Å²) in [5.74, 6) is 0.818. The summed E-state index contributed by atoms with van der Waals surface area (Å²) in [6.45, 7) is 0.538. The van der Waals surface area contributed by atoms with E-state index in [1.807, 2.05) is 24.3 Å². The van der Waals surface area contributed by atoms with Crippen LogP contribution in [0.1, 0.15) is 5.56 Å². The van der Waals surface area contributed by atoms with Crippen LogP contribution in [0, 0.1) is 0 Å². The highest BCUT2D eigenvalue weighted by atomic mass is 35.5. The lowest BCUT2D eigenvalue weighted by atomic mass is 10.1. The smallest absolute Gasteiger partial charge is 0.319 e. The Bertz CT molecular complexity index is 845. The van der Waals surface area contributed by atoms with Crippen molar-refractivity contribution in [3.05, 3.63) is 53.3 Å². The highest BCUT2D eigenvalue weighted by molar-refractivity contribution is 6.29. The van der Waals surface area contributed by atoms with Crippen LogP contribution in [0.3, 0.4) is 0 Å². The summed E-state index contributed by atoms with van der Waals surface area (Å²) in [5.41, 5.74) is 3.33. The summed E-state index contributed by atoms with van der Waals surface area (Å²) in [4.78, 5) is 19.0. The van der Waals surface area contributed by atoms with Crippen molar-refractivity contribution < 1.29 is 9.53 Å². The summed E-state index contributed by atoms with van der Waals surface area (Å²) in [7, 11) is 1.63. The van der Waals surface area contributed by atoms with Gasteiger partial charge in [0.2, 0.25) is 5.28 Å². The first-order chi connectivity index (χ1) is 11.6. The Labute approximate surface area is 144 Å². The van der Waals surface area contributed by atoms with Crippen molar-refractivity contribution in [3.63, 3.8) is 0 Å². The Morgan fingerprint density at radius 2 is 2.04 bits per heavy atom. The fourth-order valence-corrected chi connectivity index (χ4v) is 2.54. The van der Waals surface area contributed by atoms with Gasteiger partial charge < -0.3 is 20.4 Å². The molecule has 1 heterocycles. The van der Waals surface area contributed by atoms with E-state index in [2.05, 4.69) is 20.6 Å². The Balaban J connectivity index is 1.50. The maximum absolute atomic E-state index is 12.0. The van der Waals surface area contributed by atoms with E-state index in [0.29, 0.717) is 17.5 Å². The molecule has 0 radical (unpaired) electrons. The molecule has 0 aliphatic rings. The van der Waals surface area contributed by atoms with E-state index in [1.165, 1.54) is 0 Å². The molecule has 0 fully saturated rings. The first kappa shape index (κ1) is 16.1. The van der Waals surface area contributed by atoms with Crippen molar-refractivity contribution in [3.8, 4) is 5.75 Å². The number of carbonyl (C=O) groups is 1. The fraction of sp³-hybridized carbons (Fsp3) is 0.176. The van der Waals surface area contributed by atoms with Crippen LogP contribution in [0.15, 0.2) is 42.5 Å². The van der Waals surface area contributed by atoms with Crippen LogP contribution >= 0.6 is 11.6 Å². The molecule has 0 aliphatic heterocycles. The average molecular weight is 345 g/mol. The van der Waals surface area contributed by atoms with E-state index in [-0.39, 0.29) is 6.03 Å². The van der Waals surface area contributed by atoms with E-state index in [4.69, 9.17) is 16.3 Å². The SMILES string of the molecule is COc1ccc(CCNC(=O)Nc2ccc3nc(Cl)[nH]c3c2)cc1. The zero-order valence-corrected chi connectivity index (χ0v) is 13.9. The van der Waals surface area contributed by atoms with Gasteiger partial charge in [0.25, 0.3) is 0 Å². The second-order valence-electron chi connectivity index (χ2n) is 5.24. The van der Waals surface area contributed by atoms with E-state index in [0.717, 1.165) is 28.8 Å². The van der Waals surface area contributed by atoms with Crippen molar-refractivity contribution >= 4 is 34.4 Å². The predicted octanol–water partition coefficient (Wildman–Crippen LogP) is 3.59. The quantitative estimate of drug-likeness (QED) is 0.661. The molecule has 3 rings (SSSR count). The third-order valence-electron chi connectivity index (χ3n) is 3.57. The normalized spacial score (nSPS) is 10.6. The minimum atomic E-state index is -0.256. The summed E-state index contributed by atoms with van der Waals surface area (Å²) in [5, 5.41) is 5.94. The number of imidazole rings is 1. The van der Waals surface area contributed by atoms with Crippen molar-refractivity contribution in [2.75, 3.05) is 19.0 Å². The number of anilines is 1. The van der Waals surface area contributed by atoms with Gasteiger partial charge in [-0.1, -0.05) is 12.1 Å². The molecule has 7 heteroatoms. The second-order valence-corrected chi connectivity index (χ2v) is 5.60. The number of nitrogens with one attached hydrogen (secondary N) is 3. The van der Waals surface area contributed by atoms with E-state index in [9.17, 15) is 4.79 Å². The third-order valence-corrected chi connectivity index (χ3v) is 3.75. The number of ether oxygens (including phenoxy) is 1. The number of aromatic amines is 1. The molecule has 0 atom stereocenters. The number of aromatic nitrogens is 2. The Morgan fingerprint density at radius 3 is 2.79 bits per heavy atom. The molecular weight excluding hydrogens is 328 g/mol. The molecular formula is C17H17ClN4O2. The number of carbonyl (C=O) groups excluding carboxylic acids is 1. The maximum atomic E-state index is 12.0. The average Bonchev–Trinajstić information content (AvgIpc) is 2.95. The van der Waals surface area contributed by atoms with Crippen LogP contribution in [0.25, 0.3) is 11.0 Å². The molecule has 0 saturated heterocycles. The molecule has 2 aromatic carbocycles. The molecule has 6 nitrogen and oxygen atoms in total. The van der Waals surface area contributed by atoms with Crippen molar-refractivity contribution in [1.29, 1.82) is 0 Å². The fourth-order valence-electron chi connectivity index (χ4n) is 2.34. The first-order valence-corrected chi connectivity index (χ1v) is 7.85. The van der Waals surface area contributed by atoms with Crippen LogP contribution in [0.2, 0.25) is 5.28 Å². The second kappa shape index (κ2) is 7.23. The lowest BCUT2D eigenvalue weighted by molar-refractivity contribution is 0.252. The molecule has 3 aromatic rings. The monoisotopic (exact) mass is 344 g/mol. The van der Waals surface area contributed by atoms with Gasteiger partial charge in [0.1, 0.15) is 5.75 Å². The predicted molar refractivity (Wildman–Crippen MR) is 94.8 cm³/mol. The maximum Gasteiger partial charge on any atom is 0.319 e. The van der Waals surface area contributed by atoms with Gasteiger partial charge in [-0.2, -0.15) is 0 Å². The summed E-state index contributed by atoms with van der Waals surface area (Å²) in [6.07, 6.45) is 0.743. The largest absolute Gasteiger partial charge is 0.497 e. The minimum absolute atomic E-state index is 0.256. The third kappa shape index (κ3) is 3.97.